The number of fused-ring (bicyclic) bond motifs is 1. The molecule has 2 aliphatic heterocycles. The Bertz CT molecular complexity index is 657. The lowest BCUT2D eigenvalue weighted by Crippen LogP contribution is -2.33. The molecule has 0 spiro atoms. The average molecular weight is 309 g/mol. The van der Waals surface area contributed by atoms with Crippen molar-refractivity contribution in [3.8, 4) is 5.75 Å². The van der Waals surface area contributed by atoms with Crippen molar-refractivity contribution in [1.82, 2.24) is 5.01 Å². The zero-order valence-corrected chi connectivity index (χ0v) is 11.9. The molecule has 1 amide bonds. The Hall–Kier alpha value is -2.08. The zero-order chi connectivity index (χ0) is 15.0. The van der Waals surface area contributed by atoms with Crippen LogP contribution in [0.15, 0.2) is 17.2 Å². The Kier molecular flexibility index (Phi) is 3.55. The predicted octanol–water partition coefficient (Wildman–Crippen LogP) is 1.84. The Morgan fingerprint density at radius 3 is 2.95 bits per heavy atom. The van der Waals surface area contributed by atoms with E-state index in [1.807, 2.05) is 6.07 Å². The van der Waals surface area contributed by atoms with Crippen LogP contribution in [0.4, 0.5) is 0 Å². The molecule has 1 aromatic rings. The maximum absolute atomic E-state index is 11.9. The number of carbonyl (C=O) groups is 2. The van der Waals surface area contributed by atoms with Crippen molar-refractivity contribution in [2.45, 2.75) is 25.8 Å². The fourth-order valence-electron chi connectivity index (χ4n) is 2.50. The first-order valence-electron chi connectivity index (χ1n) is 6.60. The summed E-state index contributed by atoms with van der Waals surface area (Å²) in [5.41, 5.74) is 1.75. The first-order chi connectivity index (χ1) is 10.0. The first-order valence-corrected chi connectivity index (χ1v) is 6.97. The highest BCUT2D eigenvalue weighted by molar-refractivity contribution is 6.36. The summed E-state index contributed by atoms with van der Waals surface area (Å²) in [6.45, 7) is 0.749. The van der Waals surface area contributed by atoms with Crippen molar-refractivity contribution < 1.29 is 19.4 Å². The van der Waals surface area contributed by atoms with Crippen LogP contribution in [0.1, 0.15) is 24.0 Å². The van der Waals surface area contributed by atoms with Crippen LogP contribution >= 0.6 is 11.6 Å². The molecule has 2 heterocycles. The van der Waals surface area contributed by atoms with E-state index in [1.54, 1.807) is 6.07 Å². The van der Waals surface area contributed by atoms with Gasteiger partial charge in [-0.3, -0.25) is 4.79 Å². The molecule has 3 rings (SSSR count). The molecule has 1 N–H and O–H groups in total. The van der Waals surface area contributed by atoms with Gasteiger partial charge in [-0.1, -0.05) is 11.6 Å². The van der Waals surface area contributed by atoms with Crippen LogP contribution in [0.3, 0.4) is 0 Å². The number of hydrazone groups is 1. The number of carboxylic acid groups (broad SMARTS) is 1. The molecule has 0 radical (unpaired) electrons. The third-order valence-corrected chi connectivity index (χ3v) is 3.72. The predicted molar refractivity (Wildman–Crippen MR) is 75.5 cm³/mol. The highest BCUT2D eigenvalue weighted by Gasteiger charge is 2.26. The maximum Gasteiger partial charge on any atom is 0.352 e. The standard InChI is InChI=1S/C14H13ClN2O4/c15-10-5-8-3-4-21-13(8)9(6-10)7-17-12(18)2-1-11(16-17)14(19)20/h5-6H,1-4,7H2,(H,19,20). The molecule has 7 heteroatoms. The summed E-state index contributed by atoms with van der Waals surface area (Å²) in [6, 6.07) is 3.57. The van der Waals surface area contributed by atoms with E-state index in [0.717, 1.165) is 23.3 Å². The SMILES string of the molecule is O=C(O)C1=NN(Cc2cc(Cl)cc3c2OCC3)C(=O)CC1. The lowest BCUT2D eigenvalue weighted by molar-refractivity contribution is -0.133. The third-order valence-electron chi connectivity index (χ3n) is 3.50. The normalized spacial score (nSPS) is 17.3. The summed E-state index contributed by atoms with van der Waals surface area (Å²) in [6.07, 6.45) is 1.09. The van der Waals surface area contributed by atoms with Crippen LogP contribution in [-0.2, 0) is 22.6 Å². The molecular weight excluding hydrogens is 296 g/mol. The first kappa shape index (κ1) is 13.9. The van der Waals surface area contributed by atoms with Gasteiger partial charge in [-0.05, 0) is 17.7 Å². The fraction of sp³-hybridized carbons (Fsp3) is 0.357. The van der Waals surface area contributed by atoms with Gasteiger partial charge in [-0.15, -0.1) is 0 Å². The van der Waals surface area contributed by atoms with Gasteiger partial charge < -0.3 is 9.84 Å². The number of halogens is 1. The number of rotatable bonds is 3. The number of hydrogen-bond donors (Lipinski definition) is 1. The molecule has 1 aromatic carbocycles. The largest absolute Gasteiger partial charge is 0.493 e. The van der Waals surface area contributed by atoms with Crippen molar-refractivity contribution in [3.05, 3.63) is 28.3 Å². The number of amides is 1. The summed E-state index contributed by atoms with van der Waals surface area (Å²) < 4.78 is 5.57. The van der Waals surface area contributed by atoms with Gasteiger partial charge in [0.2, 0.25) is 5.91 Å². The van der Waals surface area contributed by atoms with Crippen LogP contribution < -0.4 is 4.74 Å². The molecule has 0 fully saturated rings. The van der Waals surface area contributed by atoms with E-state index >= 15 is 0 Å². The molecule has 0 aliphatic carbocycles. The number of benzene rings is 1. The van der Waals surface area contributed by atoms with Crippen molar-refractivity contribution in [1.29, 1.82) is 0 Å². The number of carbonyl (C=O) groups excluding carboxylic acids is 1. The third kappa shape index (κ3) is 2.71. The van der Waals surface area contributed by atoms with Crippen molar-refractivity contribution in [2.24, 2.45) is 5.10 Å². The van der Waals surface area contributed by atoms with Crippen molar-refractivity contribution in [3.63, 3.8) is 0 Å². The van der Waals surface area contributed by atoms with Crippen molar-refractivity contribution >= 4 is 29.2 Å². The topological polar surface area (TPSA) is 79.2 Å². The minimum absolute atomic E-state index is 0.00538. The Morgan fingerprint density at radius 1 is 1.38 bits per heavy atom. The van der Waals surface area contributed by atoms with Crippen LogP contribution in [0.25, 0.3) is 0 Å². The Morgan fingerprint density at radius 2 is 2.19 bits per heavy atom. The van der Waals surface area contributed by atoms with Crippen LogP contribution in [-0.4, -0.2) is 34.3 Å². The second-order valence-electron chi connectivity index (χ2n) is 4.95. The van der Waals surface area contributed by atoms with Gasteiger partial charge >= 0.3 is 5.97 Å². The van der Waals surface area contributed by atoms with E-state index in [0.29, 0.717) is 11.6 Å². The molecule has 6 nitrogen and oxygen atoms in total. The number of nitrogens with zero attached hydrogens (tertiary/aromatic N) is 2. The molecular formula is C14H13ClN2O4. The van der Waals surface area contributed by atoms with E-state index in [1.165, 1.54) is 5.01 Å². The van der Waals surface area contributed by atoms with Gasteiger partial charge in [-0.2, -0.15) is 5.10 Å². The second kappa shape index (κ2) is 5.37. The number of aliphatic carboxylic acids is 1. The van der Waals surface area contributed by atoms with Gasteiger partial charge in [0.15, 0.2) is 0 Å². The molecule has 0 unspecified atom stereocenters. The molecule has 0 aromatic heterocycles. The van der Waals surface area contributed by atoms with E-state index in [2.05, 4.69) is 5.10 Å². The minimum atomic E-state index is -1.10. The molecule has 21 heavy (non-hydrogen) atoms. The van der Waals surface area contributed by atoms with Gasteiger partial charge in [0.05, 0.1) is 13.2 Å². The lowest BCUT2D eigenvalue weighted by atomic mass is 10.1. The van der Waals surface area contributed by atoms with Gasteiger partial charge in [0.25, 0.3) is 0 Å². The van der Waals surface area contributed by atoms with E-state index < -0.39 is 5.97 Å². The smallest absolute Gasteiger partial charge is 0.352 e. The Labute approximate surface area is 125 Å². The van der Waals surface area contributed by atoms with Crippen LogP contribution in [0.2, 0.25) is 5.02 Å². The molecule has 0 bridgehead atoms. The minimum Gasteiger partial charge on any atom is -0.493 e. The van der Waals surface area contributed by atoms with Gasteiger partial charge in [0.1, 0.15) is 11.5 Å². The molecule has 110 valence electrons. The van der Waals surface area contributed by atoms with Gasteiger partial charge in [-0.25, -0.2) is 9.80 Å². The zero-order valence-electron chi connectivity index (χ0n) is 11.1. The number of hydrogen-bond acceptors (Lipinski definition) is 4. The summed E-state index contributed by atoms with van der Waals surface area (Å²) in [5, 5.41) is 14.7. The monoisotopic (exact) mass is 308 g/mol. The molecule has 0 saturated heterocycles. The molecule has 2 aliphatic rings. The fourth-order valence-corrected chi connectivity index (χ4v) is 2.77. The average Bonchev–Trinajstić information content (AvgIpc) is 2.89. The lowest BCUT2D eigenvalue weighted by Gasteiger charge is -2.23. The molecule has 0 atom stereocenters. The van der Waals surface area contributed by atoms with E-state index in [4.69, 9.17) is 21.4 Å². The van der Waals surface area contributed by atoms with E-state index in [9.17, 15) is 9.59 Å². The summed E-state index contributed by atoms with van der Waals surface area (Å²) in [4.78, 5) is 22.9. The molecule has 0 saturated carbocycles. The van der Waals surface area contributed by atoms with Crippen molar-refractivity contribution in [2.75, 3.05) is 6.61 Å². The number of carboxylic acids is 1. The van der Waals surface area contributed by atoms with E-state index in [-0.39, 0.29) is 31.0 Å². The summed E-state index contributed by atoms with van der Waals surface area (Å²) in [5.74, 6) is -0.573. The van der Waals surface area contributed by atoms with Crippen LogP contribution in [0.5, 0.6) is 5.75 Å². The Balaban J connectivity index is 1.91. The quantitative estimate of drug-likeness (QED) is 0.924. The summed E-state index contributed by atoms with van der Waals surface area (Å²) in [7, 11) is 0. The highest BCUT2D eigenvalue weighted by Crippen LogP contribution is 2.34. The maximum atomic E-state index is 11.9. The van der Waals surface area contributed by atoms with Crippen LogP contribution in [0, 0.1) is 0 Å². The summed E-state index contributed by atoms with van der Waals surface area (Å²) >= 11 is 6.07. The highest BCUT2D eigenvalue weighted by atomic mass is 35.5. The number of ether oxygens (including phenoxy) is 1. The van der Waals surface area contributed by atoms with Gasteiger partial charge in [0, 0.05) is 29.8 Å². The second-order valence-corrected chi connectivity index (χ2v) is 5.39.